The Morgan fingerprint density at radius 3 is 2.21 bits per heavy atom. The second kappa shape index (κ2) is 8.94. The van der Waals surface area contributed by atoms with E-state index in [0.717, 1.165) is 11.1 Å². The van der Waals surface area contributed by atoms with Crippen LogP contribution in [0, 0.1) is 0 Å². The van der Waals surface area contributed by atoms with Crippen LogP contribution in [-0.4, -0.2) is 39.5 Å². The first kappa shape index (κ1) is 18.6. The fourth-order valence-electron chi connectivity index (χ4n) is 2.47. The molecule has 0 atom stereocenters. The highest BCUT2D eigenvalue weighted by Gasteiger charge is 2.23. The van der Waals surface area contributed by atoms with Crippen molar-refractivity contribution in [3.63, 3.8) is 0 Å². The second-order valence-corrected chi connectivity index (χ2v) is 7.44. The second-order valence-electron chi connectivity index (χ2n) is 5.51. The van der Waals surface area contributed by atoms with Crippen LogP contribution in [0.4, 0.5) is 0 Å². The van der Waals surface area contributed by atoms with Gasteiger partial charge in [0.15, 0.2) is 0 Å². The smallest absolute Gasteiger partial charge is 0.243 e. The molecule has 6 heteroatoms. The lowest BCUT2D eigenvalue weighted by Gasteiger charge is -2.21. The molecular formula is C18H24N2O3S. The molecule has 0 radical (unpaired) electrons. The fraction of sp³-hybridized carbons (Fsp3) is 0.333. The van der Waals surface area contributed by atoms with Crippen molar-refractivity contribution in [2.24, 2.45) is 5.73 Å². The van der Waals surface area contributed by atoms with E-state index in [4.69, 9.17) is 10.5 Å². The van der Waals surface area contributed by atoms with Gasteiger partial charge in [-0.05, 0) is 29.7 Å². The zero-order chi connectivity index (χ0) is 17.4. The first-order valence-corrected chi connectivity index (χ1v) is 9.34. The van der Waals surface area contributed by atoms with Crippen LogP contribution in [0.5, 0.6) is 0 Å². The minimum Gasteiger partial charge on any atom is -0.380 e. The van der Waals surface area contributed by atoms with Crippen molar-refractivity contribution in [3.05, 3.63) is 65.7 Å². The Hall–Kier alpha value is -1.73. The van der Waals surface area contributed by atoms with Gasteiger partial charge in [-0.25, -0.2) is 8.42 Å². The van der Waals surface area contributed by atoms with Gasteiger partial charge in [0.05, 0.1) is 11.5 Å². The van der Waals surface area contributed by atoms with Crippen LogP contribution in [0.3, 0.4) is 0 Å². The lowest BCUT2D eigenvalue weighted by Crippen LogP contribution is -2.36. The number of rotatable bonds is 9. The molecule has 0 saturated heterocycles. The highest BCUT2D eigenvalue weighted by Crippen LogP contribution is 2.17. The van der Waals surface area contributed by atoms with Crippen molar-refractivity contribution in [2.75, 3.05) is 26.7 Å². The van der Waals surface area contributed by atoms with Gasteiger partial charge in [0.1, 0.15) is 0 Å². The minimum atomic E-state index is -3.55. The van der Waals surface area contributed by atoms with Gasteiger partial charge in [-0.15, -0.1) is 0 Å². The van der Waals surface area contributed by atoms with Crippen molar-refractivity contribution in [3.8, 4) is 0 Å². The predicted molar refractivity (Wildman–Crippen MR) is 95.1 cm³/mol. The molecule has 0 aliphatic rings. The average Bonchev–Trinajstić information content (AvgIpc) is 2.60. The van der Waals surface area contributed by atoms with Crippen LogP contribution in [0.2, 0.25) is 0 Å². The van der Waals surface area contributed by atoms with Gasteiger partial charge in [0, 0.05) is 26.7 Å². The molecule has 0 aliphatic carbocycles. The largest absolute Gasteiger partial charge is 0.380 e. The quantitative estimate of drug-likeness (QED) is 0.752. The number of methoxy groups -OCH3 is 1. The highest BCUT2D eigenvalue weighted by atomic mass is 32.2. The first-order valence-electron chi connectivity index (χ1n) is 7.90. The summed E-state index contributed by atoms with van der Waals surface area (Å²) >= 11 is 0. The van der Waals surface area contributed by atoms with E-state index in [-0.39, 0.29) is 11.4 Å². The van der Waals surface area contributed by atoms with E-state index in [0.29, 0.717) is 26.1 Å². The van der Waals surface area contributed by atoms with Crippen molar-refractivity contribution in [1.29, 1.82) is 0 Å². The van der Waals surface area contributed by atoms with Gasteiger partial charge in [-0.3, -0.25) is 0 Å². The molecule has 0 spiro atoms. The third-order valence-electron chi connectivity index (χ3n) is 3.74. The molecule has 2 aromatic rings. The molecule has 0 saturated carbocycles. The average molecular weight is 348 g/mol. The third-order valence-corrected chi connectivity index (χ3v) is 5.66. The van der Waals surface area contributed by atoms with E-state index >= 15 is 0 Å². The topological polar surface area (TPSA) is 72.6 Å². The van der Waals surface area contributed by atoms with E-state index in [2.05, 4.69) is 0 Å². The Kier molecular flexibility index (Phi) is 6.93. The standard InChI is InChI=1S/C18H24N2O3S/c1-23-15-17-7-9-18(10-8-17)24(21,22)20(14-12-19)13-11-16-5-3-2-4-6-16/h2-10H,11-15,19H2,1H3. The van der Waals surface area contributed by atoms with Crippen LogP contribution in [-0.2, 0) is 27.8 Å². The minimum absolute atomic E-state index is 0.281. The normalized spacial score (nSPS) is 11.8. The summed E-state index contributed by atoms with van der Waals surface area (Å²) < 4.78 is 32.2. The summed E-state index contributed by atoms with van der Waals surface area (Å²) in [6, 6.07) is 16.6. The van der Waals surface area contributed by atoms with E-state index < -0.39 is 10.0 Å². The summed E-state index contributed by atoms with van der Waals surface area (Å²) in [5.74, 6) is 0. The fourth-order valence-corrected chi connectivity index (χ4v) is 3.92. The number of benzene rings is 2. The van der Waals surface area contributed by atoms with Crippen LogP contribution in [0.25, 0.3) is 0 Å². The Balaban J connectivity index is 2.14. The maximum atomic E-state index is 12.9. The van der Waals surface area contributed by atoms with Crippen LogP contribution < -0.4 is 5.73 Å². The zero-order valence-corrected chi connectivity index (χ0v) is 14.7. The van der Waals surface area contributed by atoms with Crippen LogP contribution in [0.15, 0.2) is 59.5 Å². The number of sulfonamides is 1. The molecule has 0 aromatic heterocycles. The van der Waals surface area contributed by atoms with Crippen molar-refractivity contribution in [1.82, 2.24) is 4.31 Å². The van der Waals surface area contributed by atoms with E-state index in [1.54, 1.807) is 31.4 Å². The molecule has 0 unspecified atom stereocenters. The summed E-state index contributed by atoms with van der Waals surface area (Å²) in [5, 5.41) is 0. The van der Waals surface area contributed by atoms with Gasteiger partial charge in [0.2, 0.25) is 10.0 Å². The van der Waals surface area contributed by atoms with E-state index in [1.807, 2.05) is 30.3 Å². The monoisotopic (exact) mass is 348 g/mol. The van der Waals surface area contributed by atoms with E-state index in [9.17, 15) is 8.42 Å². The SMILES string of the molecule is COCc1ccc(S(=O)(=O)N(CCN)CCc2ccccc2)cc1. The Morgan fingerprint density at radius 2 is 1.62 bits per heavy atom. The summed E-state index contributed by atoms with van der Waals surface area (Å²) in [4.78, 5) is 0.281. The number of nitrogens with two attached hydrogens (primary N) is 1. The van der Waals surface area contributed by atoms with Gasteiger partial charge >= 0.3 is 0 Å². The molecule has 130 valence electrons. The highest BCUT2D eigenvalue weighted by molar-refractivity contribution is 7.89. The molecule has 0 heterocycles. The first-order chi connectivity index (χ1) is 11.6. The summed E-state index contributed by atoms with van der Waals surface area (Å²) in [7, 11) is -1.94. The number of hydrogen-bond acceptors (Lipinski definition) is 4. The number of nitrogens with zero attached hydrogens (tertiary/aromatic N) is 1. The van der Waals surface area contributed by atoms with Crippen molar-refractivity contribution < 1.29 is 13.2 Å². The predicted octanol–water partition coefficient (Wildman–Crippen LogP) is 2.03. The molecule has 2 aromatic carbocycles. The number of hydrogen-bond donors (Lipinski definition) is 1. The molecule has 0 amide bonds. The van der Waals surface area contributed by atoms with Gasteiger partial charge in [0.25, 0.3) is 0 Å². The number of ether oxygens (including phenoxy) is 1. The Labute approximate surface area is 144 Å². The van der Waals surface area contributed by atoms with Gasteiger partial charge < -0.3 is 10.5 Å². The molecule has 2 rings (SSSR count). The Morgan fingerprint density at radius 1 is 0.958 bits per heavy atom. The maximum absolute atomic E-state index is 12.9. The van der Waals surface area contributed by atoms with Gasteiger partial charge in [-0.1, -0.05) is 42.5 Å². The van der Waals surface area contributed by atoms with Crippen molar-refractivity contribution >= 4 is 10.0 Å². The van der Waals surface area contributed by atoms with Gasteiger partial charge in [-0.2, -0.15) is 4.31 Å². The molecular weight excluding hydrogens is 324 g/mol. The van der Waals surface area contributed by atoms with Crippen molar-refractivity contribution in [2.45, 2.75) is 17.9 Å². The lowest BCUT2D eigenvalue weighted by molar-refractivity contribution is 0.185. The summed E-state index contributed by atoms with van der Waals surface area (Å²) in [6.45, 7) is 1.45. The zero-order valence-electron chi connectivity index (χ0n) is 13.9. The van der Waals surface area contributed by atoms with E-state index in [1.165, 1.54) is 4.31 Å². The van der Waals surface area contributed by atoms with Crippen LogP contribution >= 0.6 is 0 Å². The third kappa shape index (κ3) is 4.88. The lowest BCUT2D eigenvalue weighted by atomic mass is 10.1. The Bertz CT molecular complexity index is 716. The van der Waals surface area contributed by atoms with Crippen LogP contribution in [0.1, 0.15) is 11.1 Å². The maximum Gasteiger partial charge on any atom is 0.243 e. The molecule has 0 aliphatic heterocycles. The molecule has 0 fully saturated rings. The molecule has 2 N–H and O–H groups in total. The summed E-state index contributed by atoms with van der Waals surface area (Å²) in [5.41, 5.74) is 7.65. The molecule has 5 nitrogen and oxygen atoms in total. The summed E-state index contributed by atoms with van der Waals surface area (Å²) in [6.07, 6.45) is 0.655. The molecule has 0 bridgehead atoms. The molecule has 24 heavy (non-hydrogen) atoms.